The van der Waals surface area contributed by atoms with Crippen molar-refractivity contribution in [1.82, 2.24) is 10.2 Å². The summed E-state index contributed by atoms with van der Waals surface area (Å²) in [6.07, 6.45) is 0.245. The zero-order valence-electron chi connectivity index (χ0n) is 11.7. The smallest absolute Gasteiger partial charge is 0.232 e. The van der Waals surface area contributed by atoms with E-state index >= 15 is 0 Å². The standard InChI is InChI=1S/C15H19FN2O2/c1-3-17-13(11-6-4-5-7-12(11)16)9-18-14(19)8-10(2)15(18)20/h4-7,10,13,17H,3,8-9H2,1-2H3. The largest absolute Gasteiger partial charge is 0.309 e. The van der Waals surface area contributed by atoms with Gasteiger partial charge in [0.15, 0.2) is 0 Å². The van der Waals surface area contributed by atoms with E-state index in [-0.39, 0.29) is 42.6 Å². The molecule has 1 aliphatic heterocycles. The number of hydrogen-bond donors (Lipinski definition) is 1. The second kappa shape index (κ2) is 6.13. The number of nitrogens with one attached hydrogen (secondary N) is 1. The van der Waals surface area contributed by atoms with Crippen LogP contribution in [0, 0.1) is 11.7 Å². The Bertz CT molecular complexity index is 518. The van der Waals surface area contributed by atoms with E-state index in [9.17, 15) is 14.0 Å². The number of rotatable bonds is 5. The summed E-state index contributed by atoms with van der Waals surface area (Å²) in [5.41, 5.74) is 0.481. The van der Waals surface area contributed by atoms with Crippen molar-refractivity contribution in [3.05, 3.63) is 35.6 Å². The minimum Gasteiger partial charge on any atom is -0.309 e. The van der Waals surface area contributed by atoms with E-state index in [4.69, 9.17) is 0 Å². The Balaban J connectivity index is 2.20. The number of likely N-dealkylation sites (N-methyl/N-ethyl adjacent to an activating group) is 1. The fourth-order valence-electron chi connectivity index (χ4n) is 2.50. The van der Waals surface area contributed by atoms with E-state index < -0.39 is 0 Å². The highest BCUT2D eigenvalue weighted by Crippen LogP contribution is 2.24. The number of benzene rings is 1. The van der Waals surface area contributed by atoms with Crippen molar-refractivity contribution in [3.8, 4) is 0 Å². The first-order valence-electron chi connectivity index (χ1n) is 6.86. The lowest BCUT2D eigenvalue weighted by Crippen LogP contribution is -2.39. The van der Waals surface area contributed by atoms with Gasteiger partial charge in [0.25, 0.3) is 0 Å². The first-order valence-corrected chi connectivity index (χ1v) is 6.86. The predicted molar refractivity (Wildman–Crippen MR) is 73.3 cm³/mol. The lowest BCUT2D eigenvalue weighted by atomic mass is 10.1. The molecular formula is C15H19FN2O2. The molecule has 0 spiro atoms. The lowest BCUT2D eigenvalue weighted by Gasteiger charge is -2.24. The molecule has 0 aromatic heterocycles. The van der Waals surface area contributed by atoms with Crippen LogP contribution in [0.4, 0.5) is 4.39 Å². The summed E-state index contributed by atoms with van der Waals surface area (Å²) < 4.78 is 13.9. The molecule has 1 aromatic rings. The molecule has 1 heterocycles. The first kappa shape index (κ1) is 14.7. The van der Waals surface area contributed by atoms with Gasteiger partial charge in [0.2, 0.25) is 11.8 Å². The van der Waals surface area contributed by atoms with Crippen LogP contribution in [0.15, 0.2) is 24.3 Å². The van der Waals surface area contributed by atoms with E-state index in [1.165, 1.54) is 11.0 Å². The van der Waals surface area contributed by atoms with Gasteiger partial charge in [0.05, 0.1) is 6.04 Å². The first-order chi connectivity index (χ1) is 9.54. The van der Waals surface area contributed by atoms with E-state index in [2.05, 4.69) is 5.32 Å². The topological polar surface area (TPSA) is 49.4 Å². The molecule has 2 unspecified atom stereocenters. The molecule has 1 saturated heterocycles. The van der Waals surface area contributed by atoms with Crippen molar-refractivity contribution in [3.63, 3.8) is 0 Å². The Hall–Kier alpha value is -1.75. The quantitative estimate of drug-likeness (QED) is 0.837. The van der Waals surface area contributed by atoms with Gasteiger partial charge in [-0.05, 0) is 12.6 Å². The van der Waals surface area contributed by atoms with Gasteiger partial charge in [-0.3, -0.25) is 14.5 Å². The maximum Gasteiger partial charge on any atom is 0.232 e. The average Bonchev–Trinajstić information content (AvgIpc) is 2.65. The van der Waals surface area contributed by atoms with Gasteiger partial charge in [-0.15, -0.1) is 0 Å². The molecule has 5 heteroatoms. The second-order valence-corrected chi connectivity index (χ2v) is 5.08. The SMILES string of the molecule is CCNC(CN1C(=O)CC(C)C1=O)c1ccccc1F. The summed E-state index contributed by atoms with van der Waals surface area (Å²) in [5, 5.41) is 3.14. The molecule has 1 aromatic carbocycles. The van der Waals surface area contributed by atoms with Crippen molar-refractivity contribution in [1.29, 1.82) is 0 Å². The summed E-state index contributed by atoms with van der Waals surface area (Å²) in [7, 11) is 0. The molecule has 0 saturated carbocycles. The molecule has 1 aliphatic rings. The molecular weight excluding hydrogens is 259 g/mol. The monoisotopic (exact) mass is 278 g/mol. The molecule has 4 nitrogen and oxygen atoms in total. The maximum absolute atomic E-state index is 13.9. The highest BCUT2D eigenvalue weighted by Gasteiger charge is 2.37. The summed E-state index contributed by atoms with van der Waals surface area (Å²) in [6.45, 7) is 4.46. The minimum atomic E-state index is -0.376. The summed E-state index contributed by atoms with van der Waals surface area (Å²) in [6, 6.07) is 6.06. The van der Waals surface area contributed by atoms with Crippen molar-refractivity contribution in [2.45, 2.75) is 26.3 Å². The summed E-state index contributed by atoms with van der Waals surface area (Å²) in [5.74, 6) is -0.952. The summed E-state index contributed by atoms with van der Waals surface area (Å²) >= 11 is 0. The van der Waals surface area contributed by atoms with Crippen LogP contribution in [0.1, 0.15) is 31.9 Å². The number of imide groups is 1. The zero-order valence-corrected chi connectivity index (χ0v) is 11.7. The average molecular weight is 278 g/mol. The fourth-order valence-corrected chi connectivity index (χ4v) is 2.50. The third-order valence-electron chi connectivity index (χ3n) is 3.57. The molecule has 0 radical (unpaired) electrons. The van der Waals surface area contributed by atoms with E-state index in [0.29, 0.717) is 12.1 Å². The molecule has 20 heavy (non-hydrogen) atoms. The third-order valence-corrected chi connectivity index (χ3v) is 3.57. The Labute approximate surface area is 118 Å². The number of carbonyl (C=O) groups excluding carboxylic acids is 2. The van der Waals surface area contributed by atoms with Gasteiger partial charge in [0.1, 0.15) is 5.82 Å². The van der Waals surface area contributed by atoms with Gasteiger partial charge >= 0.3 is 0 Å². The van der Waals surface area contributed by atoms with Crippen LogP contribution in [-0.2, 0) is 9.59 Å². The van der Waals surface area contributed by atoms with Gasteiger partial charge in [-0.2, -0.15) is 0 Å². The molecule has 108 valence electrons. The van der Waals surface area contributed by atoms with E-state index in [1.54, 1.807) is 25.1 Å². The molecule has 2 amide bonds. The molecule has 1 fully saturated rings. The Morgan fingerprint density at radius 2 is 2.10 bits per heavy atom. The normalized spacial score (nSPS) is 20.6. The van der Waals surface area contributed by atoms with Crippen LogP contribution in [0.5, 0.6) is 0 Å². The van der Waals surface area contributed by atoms with Gasteiger partial charge in [-0.25, -0.2) is 4.39 Å². The molecule has 0 bridgehead atoms. The van der Waals surface area contributed by atoms with Gasteiger partial charge in [-0.1, -0.05) is 32.0 Å². The Morgan fingerprint density at radius 1 is 1.40 bits per heavy atom. The van der Waals surface area contributed by atoms with Crippen molar-refractivity contribution in [2.75, 3.05) is 13.1 Å². The van der Waals surface area contributed by atoms with Crippen LogP contribution in [0.25, 0.3) is 0 Å². The van der Waals surface area contributed by atoms with Crippen LogP contribution < -0.4 is 5.32 Å². The lowest BCUT2D eigenvalue weighted by molar-refractivity contribution is -0.139. The third kappa shape index (κ3) is 2.88. The fraction of sp³-hybridized carbons (Fsp3) is 0.467. The Kier molecular flexibility index (Phi) is 4.49. The van der Waals surface area contributed by atoms with Crippen molar-refractivity contribution >= 4 is 11.8 Å². The van der Waals surface area contributed by atoms with Gasteiger partial charge in [0, 0.05) is 24.4 Å². The zero-order chi connectivity index (χ0) is 14.7. The molecule has 1 N–H and O–H groups in total. The molecule has 0 aliphatic carbocycles. The van der Waals surface area contributed by atoms with Crippen molar-refractivity contribution in [2.24, 2.45) is 5.92 Å². The van der Waals surface area contributed by atoms with Gasteiger partial charge < -0.3 is 5.32 Å². The number of halogens is 1. The van der Waals surface area contributed by atoms with Crippen LogP contribution in [0.3, 0.4) is 0 Å². The summed E-state index contributed by atoms with van der Waals surface area (Å²) in [4.78, 5) is 25.0. The predicted octanol–water partition coefficient (Wildman–Crippen LogP) is 1.87. The van der Waals surface area contributed by atoms with Crippen LogP contribution in [0.2, 0.25) is 0 Å². The maximum atomic E-state index is 13.9. The second-order valence-electron chi connectivity index (χ2n) is 5.08. The number of amides is 2. The highest BCUT2D eigenvalue weighted by atomic mass is 19.1. The molecule has 2 rings (SSSR count). The number of nitrogens with zero attached hydrogens (tertiary/aromatic N) is 1. The van der Waals surface area contributed by atoms with E-state index in [0.717, 1.165) is 0 Å². The number of likely N-dealkylation sites (tertiary alicyclic amines) is 1. The Morgan fingerprint density at radius 3 is 2.65 bits per heavy atom. The number of carbonyl (C=O) groups is 2. The van der Waals surface area contributed by atoms with Crippen molar-refractivity contribution < 1.29 is 14.0 Å². The molecule has 2 atom stereocenters. The highest BCUT2D eigenvalue weighted by molar-refractivity contribution is 6.03. The number of hydrogen-bond acceptors (Lipinski definition) is 3. The van der Waals surface area contributed by atoms with E-state index in [1.807, 2.05) is 6.92 Å². The van der Waals surface area contributed by atoms with Crippen LogP contribution in [-0.4, -0.2) is 29.8 Å². The van der Waals surface area contributed by atoms with Crippen LogP contribution >= 0.6 is 0 Å². The minimum absolute atomic E-state index is 0.172.